The van der Waals surface area contributed by atoms with Gasteiger partial charge in [0.2, 0.25) is 0 Å². The van der Waals surface area contributed by atoms with Gasteiger partial charge in [0.1, 0.15) is 9.84 Å². The van der Waals surface area contributed by atoms with Crippen LogP contribution in [0.2, 0.25) is 0 Å². The molecule has 0 saturated carbocycles. The predicted octanol–water partition coefficient (Wildman–Crippen LogP) is 0.614. The summed E-state index contributed by atoms with van der Waals surface area (Å²) in [4.78, 5) is 0. The Hall–Kier alpha value is -0.910. The van der Waals surface area contributed by atoms with Crippen LogP contribution in [-0.4, -0.2) is 44.7 Å². The van der Waals surface area contributed by atoms with E-state index in [1.807, 2.05) is 30.3 Å². The summed E-state index contributed by atoms with van der Waals surface area (Å²) in [5, 5.41) is 12.4. The molecule has 0 fully saturated rings. The Morgan fingerprint density at radius 3 is 2.50 bits per heavy atom. The average Bonchev–Trinajstić information content (AvgIpc) is 2.33. The quantitative estimate of drug-likeness (QED) is 0.680. The number of benzene rings is 1. The van der Waals surface area contributed by atoms with E-state index in [2.05, 4.69) is 5.32 Å². The zero-order chi connectivity index (χ0) is 13.4. The fraction of sp³-hybridized carbons (Fsp3) is 0.538. The molecule has 0 amide bonds. The molecular weight excluding hydrogens is 250 g/mol. The molecule has 1 aromatic rings. The maximum absolute atomic E-state index is 11.0. The molecule has 18 heavy (non-hydrogen) atoms. The van der Waals surface area contributed by atoms with Crippen molar-refractivity contribution in [3.05, 3.63) is 35.9 Å². The van der Waals surface area contributed by atoms with Crippen LogP contribution >= 0.6 is 0 Å². The first-order valence-corrected chi connectivity index (χ1v) is 8.13. The minimum absolute atomic E-state index is 0.0213. The molecule has 5 heteroatoms. The number of aliphatic hydroxyl groups excluding tert-OH is 1. The van der Waals surface area contributed by atoms with E-state index in [1.54, 1.807) is 0 Å². The number of hydrogen-bond acceptors (Lipinski definition) is 4. The first kappa shape index (κ1) is 15.1. The second-order valence-electron chi connectivity index (χ2n) is 4.51. The molecule has 1 rings (SSSR count). The van der Waals surface area contributed by atoms with Gasteiger partial charge < -0.3 is 10.4 Å². The van der Waals surface area contributed by atoms with Crippen molar-refractivity contribution in [1.82, 2.24) is 5.32 Å². The Kier molecular flexibility index (Phi) is 6.32. The van der Waals surface area contributed by atoms with Gasteiger partial charge in [0.05, 0.1) is 12.4 Å². The van der Waals surface area contributed by atoms with Crippen molar-refractivity contribution in [3.63, 3.8) is 0 Å². The molecule has 0 aliphatic carbocycles. The van der Waals surface area contributed by atoms with E-state index < -0.39 is 9.84 Å². The molecule has 1 atom stereocenters. The molecule has 1 unspecified atom stereocenters. The van der Waals surface area contributed by atoms with Crippen LogP contribution in [0, 0.1) is 0 Å². The molecule has 4 nitrogen and oxygen atoms in total. The second-order valence-corrected chi connectivity index (χ2v) is 6.77. The van der Waals surface area contributed by atoms with E-state index in [-0.39, 0.29) is 18.4 Å². The highest BCUT2D eigenvalue weighted by atomic mass is 32.2. The highest BCUT2D eigenvalue weighted by Crippen LogP contribution is 2.03. The number of rotatable bonds is 8. The summed E-state index contributed by atoms with van der Waals surface area (Å²) in [5.41, 5.74) is 1.16. The van der Waals surface area contributed by atoms with Gasteiger partial charge in [-0.25, -0.2) is 8.42 Å². The minimum atomic E-state index is -2.89. The molecule has 0 radical (unpaired) electrons. The maximum atomic E-state index is 11.0. The maximum Gasteiger partial charge on any atom is 0.147 e. The first-order valence-electron chi connectivity index (χ1n) is 6.07. The molecule has 0 spiro atoms. The van der Waals surface area contributed by atoms with Gasteiger partial charge in [0, 0.05) is 12.3 Å². The summed E-state index contributed by atoms with van der Waals surface area (Å²) >= 11 is 0. The fourth-order valence-corrected chi connectivity index (χ4v) is 2.41. The van der Waals surface area contributed by atoms with E-state index in [4.69, 9.17) is 0 Å². The molecule has 0 bridgehead atoms. The highest BCUT2D eigenvalue weighted by Gasteiger charge is 2.08. The largest absolute Gasteiger partial charge is 0.395 e. The van der Waals surface area contributed by atoms with Crippen LogP contribution < -0.4 is 5.32 Å². The lowest BCUT2D eigenvalue weighted by atomic mass is 10.1. The van der Waals surface area contributed by atoms with Gasteiger partial charge >= 0.3 is 0 Å². The van der Waals surface area contributed by atoms with Crippen molar-refractivity contribution in [2.24, 2.45) is 0 Å². The first-order chi connectivity index (χ1) is 8.51. The Labute approximate surface area is 109 Å². The van der Waals surface area contributed by atoms with Gasteiger partial charge in [-0.3, -0.25) is 0 Å². The molecule has 0 heterocycles. The van der Waals surface area contributed by atoms with E-state index in [0.29, 0.717) is 13.0 Å². The van der Waals surface area contributed by atoms with Gasteiger partial charge in [-0.15, -0.1) is 0 Å². The third-order valence-electron chi connectivity index (χ3n) is 2.67. The van der Waals surface area contributed by atoms with E-state index >= 15 is 0 Å². The fourth-order valence-electron chi connectivity index (χ4n) is 1.74. The zero-order valence-corrected chi connectivity index (χ0v) is 11.5. The standard InChI is InChI=1S/C13H21NO3S/c1-18(16,17)9-5-8-14-13(11-15)10-12-6-3-2-4-7-12/h2-4,6-7,13-15H,5,8-11H2,1H3. The lowest BCUT2D eigenvalue weighted by Gasteiger charge is -2.16. The summed E-state index contributed by atoms with van der Waals surface area (Å²) in [6.45, 7) is 0.652. The second kappa shape index (κ2) is 7.51. The van der Waals surface area contributed by atoms with Crippen LogP contribution in [0.15, 0.2) is 30.3 Å². The van der Waals surface area contributed by atoms with Crippen molar-refractivity contribution < 1.29 is 13.5 Å². The molecular formula is C13H21NO3S. The topological polar surface area (TPSA) is 66.4 Å². The smallest absolute Gasteiger partial charge is 0.147 e. The Bertz CT molecular complexity index is 431. The summed E-state index contributed by atoms with van der Waals surface area (Å²) in [7, 11) is -2.89. The van der Waals surface area contributed by atoms with Crippen molar-refractivity contribution in [2.45, 2.75) is 18.9 Å². The van der Waals surface area contributed by atoms with Crippen molar-refractivity contribution >= 4 is 9.84 Å². The SMILES string of the molecule is CS(=O)(=O)CCCNC(CO)Cc1ccccc1. The van der Waals surface area contributed by atoms with Crippen molar-refractivity contribution in [2.75, 3.05) is 25.2 Å². The van der Waals surface area contributed by atoms with Gasteiger partial charge in [0.15, 0.2) is 0 Å². The third-order valence-corrected chi connectivity index (χ3v) is 3.70. The summed E-state index contributed by atoms with van der Waals surface area (Å²) in [5.74, 6) is 0.184. The molecule has 0 saturated heterocycles. The van der Waals surface area contributed by atoms with Crippen molar-refractivity contribution in [3.8, 4) is 0 Å². The normalized spacial score (nSPS) is 13.4. The van der Waals surface area contributed by atoms with E-state index in [1.165, 1.54) is 6.26 Å². The number of aliphatic hydroxyl groups is 1. The number of nitrogens with one attached hydrogen (secondary N) is 1. The highest BCUT2D eigenvalue weighted by molar-refractivity contribution is 7.90. The van der Waals surface area contributed by atoms with E-state index in [0.717, 1.165) is 12.0 Å². The average molecular weight is 271 g/mol. The summed E-state index contributed by atoms with van der Waals surface area (Å²) < 4.78 is 21.9. The minimum Gasteiger partial charge on any atom is -0.395 e. The Morgan fingerprint density at radius 2 is 1.94 bits per heavy atom. The van der Waals surface area contributed by atoms with Crippen LogP contribution in [0.5, 0.6) is 0 Å². The Morgan fingerprint density at radius 1 is 1.28 bits per heavy atom. The zero-order valence-electron chi connectivity index (χ0n) is 10.7. The molecule has 1 aromatic carbocycles. The molecule has 0 aliphatic rings. The van der Waals surface area contributed by atoms with Crippen LogP contribution in [0.3, 0.4) is 0 Å². The van der Waals surface area contributed by atoms with Gasteiger partial charge in [-0.2, -0.15) is 0 Å². The van der Waals surface area contributed by atoms with E-state index in [9.17, 15) is 13.5 Å². The van der Waals surface area contributed by atoms with Gasteiger partial charge in [-0.1, -0.05) is 30.3 Å². The van der Waals surface area contributed by atoms with Crippen molar-refractivity contribution in [1.29, 1.82) is 0 Å². The monoisotopic (exact) mass is 271 g/mol. The van der Waals surface area contributed by atoms with Crippen LogP contribution in [0.25, 0.3) is 0 Å². The number of hydrogen-bond donors (Lipinski definition) is 2. The molecule has 0 aromatic heterocycles. The van der Waals surface area contributed by atoms with Gasteiger partial charge in [0.25, 0.3) is 0 Å². The van der Waals surface area contributed by atoms with Crippen LogP contribution in [-0.2, 0) is 16.3 Å². The summed E-state index contributed by atoms with van der Waals surface area (Å²) in [6.07, 6.45) is 2.56. The lowest BCUT2D eigenvalue weighted by Crippen LogP contribution is -2.35. The predicted molar refractivity (Wildman–Crippen MR) is 73.4 cm³/mol. The third kappa shape index (κ3) is 6.74. The Balaban J connectivity index is 2.30. The van der Waals surface area contributed by atoms with Gasteiger partial charge in [-0.05, 0) is 24.9 Å². The van der Waals surface area contributed by atoms with Crippen LogP contribution in [0.1, 0.15) is 12.0 Å². The molecule has 102 valence electrons. The summed E-state index contributed by atoms with van der Waals surface area (Å²) in [6, 6.07) is 9.89. The lowest BCUT2D eigenvalue weighted by molar-refractivity contribution is 0.242. The van der Waals surface area contributed by atoms with Crippen LogP contribution in [0.4, 0.5) is 0 Å². The number of sulfone groups is 1. The molecule has 2 N–H and O–H groups in total. The molecule has 0 aliphatic heterocycles.